The first kappa shape index (κ1) is 17.6. The normalized spacial score (nSPS) is 13.1. The van der Waals surface area contributed by atoms with Gasteiger partial charge in [0.1, 0.15) is 0 Å². The van der Waals surface area contributed by atoms with Gasteiger partial charge >= 0.3 is 23.9 Å². The Morgan fingerprint density at radius 3 is 2.00 bits per heavy atom. The van der Waals surface area contributed by atoms with E-state index in [9.17, 15) is 40.8 Å². The van der Waals surface area contributed by atoms with Crippen molar-refractivity contribution in [3.8, 4) is 11.4 Å². The molecule has 0 radical (unpaired) electrons. The molecular formula is C11H4F7N3O3. The van der Waals surface area contributed by atoms with Crippen molar-refractivity contribution in [2.75, 3.05) is 0 Å². The molecule has 0 amide bonds. The van der Waals surface area contributed by atoms with Crippen molar-refractivity contribution in [3.05, 3.63) is 40.3 Å². The number of halogens is 7. The van der Waals surface area contributed by atoms with Crippen LogP contribution in [0, 0.1) is 10.1 Å². The van der Waals surface area contributed by atoms with Crippen molar-refractivity contribution < 1.29 is 40.2 Å². The van der Waals surface area contributed by atoms with Crippen molar-refractivity contribution in [2.24, 2.45) is 0 Å². The van der Waals surface area contributed by atoms with Crippen molar-refractivity contribution in [1.82, 2.24) is 10.1 Å². The van der Waals surface area contributed by atoms with Crippen LogP contribution in [0.1, 0.15) is 5.89 Å². The summed E-state index contributed by atoms with van der Waals surface area (Å²) in [5, 5.41) is 13.3. The second-order valence-corrected chi connectivity index (χ2v) is 4.37. The third kappa shape index (κ3) is 2.76. The van der Waals surface area contributed by atoms with Crippen LogP contribution in [0.5, 0.6) is 0 Å². The van der Waals surface area contributed by atoms with E-state index < -0.39 is 34.7 Å². The molecule has 6 nitrogen and oxygen atoms in total. The molecule has 1 aromatic heterocycles. The minimum Gasteiger partial charge on any atom is -0.332 e. The van der Waals surface area contributed by atoms with Gasteiger partial charge in [-0.25, -0.2) is 0 Å². The first-order chi connectivity index (χ1) is 10.9. The third-order valence-corrected chi connectivity index (χ3v) is 2.78. The lowest BCUT2D eigenvalue weighted by Gasteiger charge is -2.25. The molecule has 1 aromatic carbocycles. The highest BCUT2D eigenvalue weighted by molar-refractivity contribution is 5.56. The molecule has 2 rings (SSSR count). The highest BCUT2D eigenvalue weighted by Gasteiger charge is 2.76. The Balaban J connectivity index is 2.38. The molecule has 24 heavy (non-hydrogen) atoms. The summed E-state index contributed by atoms with van der Waals surface area (Å²) in [5.74, 6) is -15.2. The van der Waals surface area contributed by atoms with E-state index in [1.807, 2.05) is 0 Å². The van der Waals surface area contributed by atoms with Crippen molar-refractivity contribution in [3.63, 3.8) is 0 Å². The van der Waals surface area contributed by atoms with E-state index in [0.29, 0.717) is 0 Å². The largest absolute Gasteiger partial charge is 0.460 e. The van der Waals surface area contributed by atoms with E-state index in [2.05, 4.69) is 14.7 Å². The van der Waals surface area contributed by atoms with E-state index in [1.54, 1.807) is 0 Å². The SMILES string of the molecule is O=[N+]([O-])c1ccc(-c2noc(C(F)(F)C(F)(F)C(F)(F)F)n2)cc1. The average molecular weight is 359 g/mol. The van der Waals surface area contributed by atoms with Gasteiger partial charge in [-0.15, -0.1) is 0 Å². The molecule has 0 aliphatic heterocycles. The molecule has 2 aromatic rings. The third-order valence-electron chi connectivity index (χ3n) is 2.78. The number of nitro benzene ring substituents is 1. The second kappa shape index (κ2) is 5.42. The second-order valence-electron chi connectivity index (χ2n) is 4.37. The van der Waals surface area contributed by atoms with Gasteiger partial charge in [-0.05, 0) is 12.1 Å². The van der Waals surface area contributed by atoms with E-state index in [0.717, 1.165) is 24.3 Å². The summed E-state index contributed by atoms with van der Waals surface area (Å²) in [5.41, 5.74) is -0.543. The Labute approximate surface area is 127 Å². The summed E-state index contributed by atoms with van der Waals surface area (Å²) in [6.45, 7) is 0. The molecule has 0 spiro atoms. The van der Waals surface area contributed by atoms with Crippen LogP contribution in [-0.2, 0) is 5.92 Å². The lowest BCUT2D eigenvalue weighted by atomic mass is 10.1. The fourth-order valence-electron chi connectivity index (χ4n) is 1.51. The molecule has 0 unspecified atom stereocenters. The van der Waals surface area contributed by atoms with E-state index in [1.165, 1.54) is 0 Å². The number of benzene rings is 1. The zero-order valence-corrected chi connectivity index (χ0v) is 11.0. The Hall–Kier alpha value is -2.73. The molecule has 13 heteroatoms. The standard InChI is InChI=1S/C11H4F7N3O3/c12-9(13,10(14,15)11(16,17)18)8-19-7(20-24-8)5-1-3-6(4-2-5)21(22)23/h1-4H. The van der Waals surface area contributed by atoms with Crippen LogP contribution in [-0.4, -0.2) is 27.2 Å². The minimum absolute atomic E-state index is 0.165. The average Bonchev–Trinajstić information content (AvgIpc) is 2.96. The van der Waals surface area contributed by atoms with Crippen molar-refractivity contribution >= 4 is 5.69 Å². The molecule has 0 aliphatic carbocycles. The van der Waals surface area contributed by atoms with Crippen LogP contribution >= 0.6 is 0 Å². The number of hydrogen-bond acceptors (Lipinski definition) is 5. The number of nitrogens with zero attached hydrogens (tertiary/aromatic N) is 3. The highest BCUT2D eigenvalue weighted by Crippen LogP contribution is 2.51. The lowest BCUT2D eigenvalue weighted by Crippen LogP contribution is -2.50. The molecule has 130 valence electrons. The van der Waals surface area contributed by atoms with Crippen LogP contribution in [0.3, 0.4) is 0 Å². The Bertz CT molecular complexity index is 755. The van der Waals surface area contributed by atoms with Crippen LogP contribution in [0.25, 0.3) is 11.4 Å². The van der Waals surface area contributed by atoms with E-state index >= 15 is 0 Å². The first-order valence-electron chi connectivity index (χ1n) is 5.79. The van der Waals surface area contributed by atoms with Crippen molar-refractivity contribution in [2.45, 2.75) is 18.0 Å². The summed E-state index contributed by atoms with van der Waals surface area (Å²) >= 11 is 0. The maximum Gasteiger partial charge on any atom is 0.460 e. The smallest absolute Gasteiger partial charge is 0.332 e. The van der Waals surface area contributed by atoms with E-state index in [-0.39, 0.29) is 11.3 Å². The number of nitro groups is 1. The van der Waals surface area contributed by atoms with Gasteiger partial charge in [0.25, 0.3) is 5.69 Å². The first-order valence-corrected chi connectivity index (χ1v) is 5.79. The fraction of sp³-hybridized carbons (Fsp3) is 0.273. The van der Waals surface area contributed by atoms with Gasteiger partial charge < -0.3 is 4.52 Å². The van der Waals surface area contributed by atoms with Crippen LogP contribution in [0.4, 0.5) is 36.4 Å². The minimum atomic E-state index is -6.54. The maximum atomic E-state index is 13.4. The molecule has 1 heterocycles. The molecule has 0 fully saturated rings. The van der Waals surface area contributed by atoms with Crippen molar-refractivity contribution in [1.29, 1.82) is 0 Å². The number of hydrogen-bond donors (Lipinski definition) is 0. The molecule has 0 bridgehead atoms. The molecular weight excluding hydrogens is 355 g/mol. The molecule has 0 atom stereocenters. The lowest BCUT2D eigenvalue weighted by molar-refractivity contribution is -0.384. The summed E-state index contributed by atoms with van der Waals surface area (Å²) in [6, 6.07) is 3.81. The summed E-state index contributed by atoms with van der Waals surface area (Å²) < 4.78 is 92.5. The van der Waals surface area contributed by atoms with Gasteiger partial charge in [-0.2, -0.15) is 35.7 Å². The predicted octanol–water partition coefficient (Wildman–Crippen LogP) is 3.93. The molecule has 0 N–H and O–H groups in total. The van der Waals surface area contributed by atoms with Gasteiger partial charge in [0.2, 0.25) is 5.82 Å². The van der Waals surface area contributed by atoms with E-state index in [4.69, 9.17) is 0 Å². The molecule has 0 saturated carbocycles. The number of rotatable bonds is 4. The number of alkyl halides is 7. The van der Waals surface area contributed by atoms with Gasteiger partial charge in [-0.3, -0.25) is 10.1 Å². The number of non-ortho nitro benzene ring substituents is 1. The predicted molar refractivity (Wildman–Crippen MR) is 61.3 cm³/mol. The maximum absolute atomic E-state index is 13.4. The Morgan fingerprint density at radius 2 is 1.54 bits per heavy atom. The Morgan fingerprint density at radius 1 is 1.00 bits per heavy atom. The zero-order valence-electron chi connectivity index (χ0n) is 11.0. The van der Waals surface area contributed by atoms with Gasteiger partial charge in [0.05, 0.1) is 4.92 Å². The zero-order chi connectivity index (χ0) is 18.3. The van der Waals surface area contributed by atoms with Crippen LogP contribution in [0.15, 0.2) is 28.8 Å². The van der Waals surface area contributed by atoms with Gasteiger partial charge in [0.15, 0.2) is 0 Å². The number of aromatic nitrogens is 2. The summed E-state index contributed by atoms with van der Waals surface area (Å²) in [6.07, 6.45) is -6.54. The van der Waals surface area contributed by atoms with Crippen LogP contribution in [0.2, 0.25) is 0 Å². The van der Waals surface area contributed by atoms with Gasteiger partial charge in [-0.1, -0.05) is 5.16 Å². The Kier molecular flexibility index (Phi) is 3.98. The molecule has 0 aliphatic rings. The topological polar surface area (TPSA) is 82.1 Å². The highest BCUT2D eigenvalue weighted by atomic mass is 19.4. The summed E-state index contributed by atoms with van der Waals surface area (Å²) in [4.78, 5) is 12.5. The van der Waals surface area contributed by atoms with Crippen LogP contribution < -0.4 is 0 Å². The summed E-state index contributed by atoms with van der Waals surface area (Å²) in [7, 11) is 0. The quantitative estimate of drug-likeness (QED) is 0.469. The molecule has 0 saturated heterocycles. The monoisotopic (exact) mass is 359 g/mol. The van der Waals surface area contributed by atoms with Gasteiger partial charge in [0, 0.05) is 17.7 Å². The fourth-order valence-corrected chi connectivity index (χ4v) is 1.51.